The summed E-state index contributed by atoms with van der Waals surface area (Å²) in [5, 5.41) is 15.2. The number of rotatable bonds is 4. The summed E-state index contributed by atoms with van der Waals surface area (Å²) in [7, 11) is 0. The highest BCUT2D eigenvalue weighted by Crippen LogP contribution is 2.22. The number of nitrogens with one attached hydrogen (secondary N) is 2. The second kappa shape index (κ2) is 6.92. The summed E-state index contributed by atoms with van der Waals surface area (Å²) in [5.41, 5.74) is 1.88. The lowest BCUT2D eigenvalue weighted by molar-refractivity contribution is -0.114. The van der Waals surface area contributed by atoms with Gasteiger partial charge in [0.15, 0.2) is 0 Å². The smallest absolute Gasteiger partial charge is 0.255 e. The van der Waals surface area contributed by atoms with Gasteiger partial charge in [0.25, 0.3) is 5.91 Å². The Morgan fingerprint density at radius 2 is 2.10 bits per heavy atom. The molecule has 1 aromatic carbocycles. The van der Waals surface area contributed by atoms with Crippen LogP contribution >= 0.6 is 0 Å². The van der Waals surface area contributed by atoms with Gasteiger partial charge in [0.1, 0.15) is 5.75 Å². The molecule has 2 rings (SSSR count). The van der Waals surface area contributed by atoms with Gasteiger partial charge in [-0.15, -0.1) is 0 Å². The lowest BCUT2D eigenvalue weighted by Crippen LogP contribution is -2.26. The molecule has 3 N–H and O–H groups in total. The minimum absolute atomic E-state index is 0.0979. The molecule has 0 radical (unpaired) electrons. The minimum Gasteiger partial charge on any atom is -0.507 e. The number of phenols is 1. The fourth-order valence-electron chi connectivity index (χ4n) is 2.35. The van der Waals surface area contributed by atoms with Gasteiger partial charge in [0.05, 0.1) is 5.56 Å². The number of aromatic hydroxyl groups is 1. The van der Waals surface area contributed by atoms with Crippen molar-refractivity contribution >= 4 is 17.5 Å². The van der Waals surface area contributed by atoms with E-state index >= 15 is 0 Å². The number of allylic oxidation sites excluding steroid dienone is 1. The van der Waals surface area contributed by atoms with Gasteiger partial charge in [0, 0.05) is 19.2 Å². The molecule has 0 unspecified atom stereocenters. The van der Waals surface area contributed by atoms with Crippen LogP contribution in [0.15, 0.2) is 29.8 Å². The van der Waals surface area contributed by atoms with Gasteiger partial charge >= 0.3 is 0 Å². The zero-order valence-electron chi connectivity index (χ0n) is 12.1. The van der Waals surface area contributed by atoms with Gasteiger partial charge in [-0.1, -0.05) is 11.6 Å². The average molecular weight is 288 g/mol. The molecule has 1 aromatic rings. The molecule has 1 aliphatic carbocycles. The van der Waals surface area contributed by atoms with E-state index in [9.17, 15) is 14.7 Å². The molecule has 0 saturated heterocycles. The predicted octanol–water partition coefficient (Wildman–Crippen LogP) is 2.58. The third-order valence-electron chi connectivity index (χ3n) is 3.42. The maximum absolute atomic E-state index is 12.1. The Balaban J connectivity index is 2.03. The summed E-state index contributed by atoms with van der Waals surface area (Å²) in [6.45, 7) is 1.89. The highest BCUT2D eigenvalue weighted by molar-refractivity contribution is 5.99. The predicted molar refractivity (Wildman–Crippen MR) is 81.3 cm³/mol. The zero-order valence-corrected chi connectivity index (χ0v) is 12.1. The van der Waals surface area contributed by atoms with E-state index in [4.69, 9.17) is 0 Å². The molecule has 0 saturated carbocycles. The molecule has 2 amide bonds. The maximum Gasteiger partial charge on any atom is 0.255 e. The molecule has 0 aromatic heterocycles. The Morgan fingerprint density at radius 3 is 2.76 bits per heavy atom. The molecule has 0 atom stereocenters. The first-order valence-corrected chi connectivity index (χ1v) is 7.13. The number of anilines is 1. The fourth-order valence-corrected chi connectivity index (χ4v) is 2.35. The van der Waals surface area contributed by atoms with E-state index in [-0.39, 0.29) is 23.1 Å². The summed E-state index contributed by atoms with van der Waals surface area (Å²) >= 11 is 0. The number of hydrogen-bond donors (Lipinski definition) is 3. The molecule has 1 aliphatic rings. The second-order valence-electron chi connectivity index (χ2n) is 5.20. The van der Waals surface area contributed by atoms with Crippen LogP contribution in [0, 0.1) is 0 Å². The number of phenolic OH excluding ortho intramolecular Hbond substituents is 1. The van der Waals surface area contributed by atoms with Gasteiger partial charge < -0.3 is 15.7 Å². The normalized spacial score (nSPS) is 14.2. The third kappa shape index (κ3) is 4.34. The van der Waals surface area contributed by atoms with Crippen molar-refractivity contribution in [3.63, 3.8) is 0 Å². The van der Waals surface area contributed by atoms with Crippen molar-refractivity contribution in [2.24, 2.45) is 0 Å². The second-order valence-corrected chi connectivity index (χ2v) is 5.20. The van der Waals surface area contributed by atoms with Crippen LogP contribution in [0.5, 0.6) is 5.75 Å². The largest absolute Gasteiger partial charge is 0.507 e. The van der Waals surface area contributed by atoms with Gasteiger partial charge in [-0.25, -0.2) is 0 Å². The Labute approximate surface area is 124 Å². The molecular weight excluding hydrogens is 268 g/mol. The van der Waals surface area contributed by atoms with Crippen LogP contribution in [0.4, 0.5) is 5.69 Å². The van der Waals surface area contributed by atoms with Gasteiger partial charge in [-0.2, -0.15) is 0 Å². The highest BCUT2D eigenvalue weighted by atomic mass is 16.3. The number of carbonyl (C=O) groups is 2. The van der Waals surface area contributed by atoms with Gasteiger partial charge in [0.2, 0.25) is 5.91 Å². The Bertz CT molecular complexity index is 579. The van der Waals surface area contributed by atoms with Crippen LogP contribution in [0.3, 0.4) is 0 Å². The minimum atomic E-state index is -0.342. The van der Waals surface area contributed by atoms with E-state index in [0.717, 1.165) is 19.3 Å². The number of amides is 2. The molecule has 0 spiro atoms. The standard InChI is InChI=1S/C16H20N2O3/c1-11(19)18-13-7-8-15(20)14(9-13)16(21)17-10-12-5-3-2-4-6-12/h5,7-9,20H,2-4,6,10H2,1H3,(H,17,21)(H,18,19). The first-order valence-electron chi connectivity index (χ1n) is 7.13. The van der Waals surface area contributed by atoms with Crippen LogP contribution < -0.4 is 10.6 Å². The summed E-state index contributed by atoms with van der Waals surface area (Å²) in [6.07, 6.45) is 6.60. The summed E-state index contributed by atoms with van der Waals surface area (Å²) in [4.78, 5) is 23.2. The summed E-state index contributed by atoms with van der Waals surface area (Å²) < 4.78 is 0. The number of carbonyl (C=O) groups excluding carboxylic acids is 2. The van der Waals surface area contributed by atoms with E-state index in [1.807, 2.05) is 0 Å². The van der Waals surface area contributed by atoms with Crippen molar-refractivity contribution in [3.05, 3.63) is 35.4 Å². The van der Waals surface area contributed by atoms with E-state index in [0.29, 0.717) is 12.2 Å². The van der Waals surface area contributed by atoms with Crippen molar-refractivity contribution in [3.8, 4) is 5.75 Å². The SMILES string of the molecule is CC(=O)Nc1ccc(O)c(C(=O)NCC2=CCCCC2)c1. The molecule has 0 bridgehead atoms. The van der Waals surface area contributed by atoms with Crippen LogP contribution in [0.1, 0.15) is 43.0 Å². The summed E-state index contributed by atoms with van der Waals surface area (Å²) in [5.74, 6) is -0.662. The van der Waals surface area contributed by atoms with Crippen molar-refractivity contribution in [1.29, 1.82) is 0 Å². The summed E-state index contributed by atoms with van der Waals surface area (Å²) in [6, 6.07) is 4.43. The average Bonchev–Trinajstić information content (AvgIpc) is 2.47. The van der Waals surface area contributed by atoms with Crippen LogP contribution in [-0.2, 0) is 4.79 Å². The van der Waals surface area contributed by atoms with E-state index in [2.05, 4.69) is 16.7 Å². The fraction of sp³-hybridized carbons (Fsp3) is 0.375. The Hall–Kier alpha value is -2.30. The van der Waals surface area contributed by atoms with Crippen molar-refractivity contribution in [2.75, 3.05) is 11.9 Å². The molecule has 0 aliphatic heterocycles. The van der Waals surface area contributed by atoms with Crippen molar-refractivity contribution in [2.45, 2.75) is 32.6 Å². The maximum atomic E-state index is 12.1. The van der Waals surface area contributed by atoms with Gasteiger partial charge in [-0.3, -0.25) is 9.59 Å². The third-order valence-corrected chi connectivity index (χ3v) is 3.42. The molecule has 5 heteroatoms. The van der Waals surface area contributed by atoms with E-state index in [1.54, 1.807) is 6.07 Å². The topological polar surface area (TPSA) is 78.4 Å². The highest BCUT2D eigenvalue weighted by Gasteiger charge is 2.13. The monoisotopic (exact) mass is 288 g/mol. The van der Waals surface area contributed by atoms with Crippen LogP contribution in [-0.4, -0.2) is 23.5 Å². The van der Waals surface area contributed by atoms with Crippen molar-refractivity contribution < 1.29 is 14.7 Å². The Kier molecular flexibility index (Phi) is 4.98. The van der Waals surface area contributed by atoms with Gasteiger partial charge in [-0.05, 0) is 43.9 Å². The molecular formula is C16H20N2O3. The molecule has 0 fully saturated rings. The van der Waals surface area contributed by atoms with Crippen LogP contribution in [0.25, 0.3) is 0 Å². The van der Waals surface area contributed by atoms with E-state index in [1.165, 1.54) is 31.1 Å². The lowest BCUT2D eigenvalue weighted by atomic mass is 9.99. The first-order chi connectivity index (χ1) is 10.1. The zero-order chi connectivity index (χ0) is 15.2. The van der Waals surface area contributed by atoms with E-state index < -0.39 is 0 Å². The molecule has 112 valence electrons. The van der Waals surface area contributed by atoms with Crippen molar-refractivity contribution in [1.82, 2.24) is 5.32 Å². The first kappa shape index (κ1) is 15.1. The molecule has 0 heterocycles. The lowest BCUT2D eigenvalue weighted by Gasteiger charge is -2.14. The quantitative estimate of drug-likeness (QED) is 0.588. The molecule has 5 nitrogen and oxygen atoms in total. The number of hydrogen-bond acceptors (Lipinski definition) is 3. The number of benzene rings is 1. The Morgan fingerprint density at radius 1 is 1.29 bits per heavy atom. The molecule has 21 heavy (non-hydrogen) atoms. The van der Waals surface area contributed by atoms with Crippen LogP contribution in [0.2, 0.25) is 0 Å².